The molecule has 0 aliphatic carbocycles. The molecule has 198 valence electrons. The maximum Gasteiger partial charge on any atom is 0.307 e. The van der Waals surface area contributed by atoms with Gasteiger partial charge in [-0.15, -0.1) is 0 Å². The predicted molar refractivity (Wildman–Crippen MR) is 154 cm³/mol. The Balaban J connectivity index is 1.40. The molecule has 39 heavy (non-hydrogen) atoms. The molecule has 2 heterocycles. The van der Waals surface area contributed by atoms with E-state index >= 15 is 0 Å². The lowest BCUT2D eigenvalue weighted by Gasteiger charge is -2.30. The Morgan fingerprint density at radius 3 is 2.64 bits per heavy atom. The molecule has 1 unspecified atom stereocenters. The summed E-state index contributed by atoms with van der Waals surface area (Å²) in [6.45, 7) is 2.23. The lowest BCUT2D eigenvalue weighted by molar-refractivity contribution is -0.143. The molecule has 0 amide bonds. The number of ether oxygens (including phenoxy) is 1. The van der Waals surface area contributed by atoms with E-state index in [0.29, 0.717) is 39.3 Å². The minimum atomic E-state index is -0.712. The molecule has 2 N–H and O–H groups in total. The fraction of sp³-hybridized carbons (Fsp3) is 0.233. The van der Waals surface area contributed by atoms with Gasteiger partial charge in [0, 0.05) is 30.7 Å². The van der Waals surface area contributed by atoms with Gasteiger partial charge in [0.05, 0.1) is 45.5 Å². The van der Waals surface area contributed by atoms with Crippen molar-refractivity contribution in [2.24, 2.45) is 5.92 Å². The standard InChI is InChI=1S/C30H26Cl2N4O3/c1-39-28-13-27(24(31)12-25(28)32)35-29-22(14-33)15-34-26-11-20(8-9-23(26)29)19-6-4-18(5-7-19)16-36-10-2-3-21(17-36)30(37)38/h4-9,11-13,15,21H,2-3,10,16-17H2,1H3,(H,34,35)(H,37,38). The fourth-order valence-corrected chi connectivity index (χ4v) is 5.48. The molecule has 0 spiro atoms. The van der Waals surface area contributed by atoms with Crippen molar-refractivity contribution in [2.75, 3.05) is 25.5 Å². The van der Waals surface area contributed by atoms with Crippen LogP contribution >= 0.6 is 23.2 Å². The quantitative estimate of drug-likeness (QED) is 0.248. The molecule has 0 radical (unpaired) electrons. The van der Waals surface area contributed by atoms with Crippen LogP contribution in [0.1, 0.15) is 24.0 Å². The summed E-state index contributed by atoms with van der Waals surface area (Å²) in [4.78, 5) is 18.1. The summed E-state index contributed by atoms with van der Waals surface area (Å²) in [7, 11) is 1.53. The molecule has 0 saturated carbocycles. The molecular formula is C30H26Cl2N4O3. The summed E-state index contributed by atoms with van der Waals surface area (Å²) < 4.78 is 5.32. The van der Waals surface area contributed by atoms with Crippen molar-refractivity contribution in [1.29, 1.82) is 5.26 Å². The monoisotopic (exact) mass is 560 g/mol. The van der Waals surface area contributed by atoms with E-state index in [9.17, 15) is 15.2 Å². The number of halogens is 2. The number of benzene rings is 3. The fourth-order valence-electron chi connectivity index (χ4n) is 4.97. The smallest absolute Gasteiger partial charge is 0.307 e. The number of nitrogens with one attached hydrogen (secondary N) is 1. The van der Waals surface area contributed by atoms with Crippen molar-refractivity contribution >= 4 is 51.4 Å². The summed E-state index contributed by atoms with van der Waals surface area (Å²) in [5.41, 5.74) is 5.43. The van der Waals surface area contributed by atoms with E-state index in [-0.39, 0.29) is 5.92 Å². The number of methoxy groups -OCH3 is 1. The van der Waals surface area contributed by atoms with Gasteiger partial charge in [0.2, 0.25) is 0 Å². The van der Waals surface area contributed by atoms with E-state index in [1.807, 2.05) is 18.2 Å². The highest BCUT2D eigenvalue weighted by Crippen LogP contribution is 2.38. The molecule has 7 nitrogen and oxygen atoms in total. The van der Waals surface area contributed by atoms with Gasteiger partial charge < -0.3 is 15.2 Å². The Hall–Kier alpha value is -3.83. The number of nitriles is 1. The maximum atomic E-state index is 11.4. The van der Waals surface area contributed by atoms with Crippen LogP contribution in [-0.4, -0.2) is 41.2 Å². The first-order valence-corrected chi connectivity index (χ1v) is 13.3. The van der Waals surface area contributed by atoms with Crippen LogP contribution < -0.4 is 10.1 Å². The van der Waals surface area contributed by atoms with Crippen LogP contribution in [0.3, 0.4) is 0 Å². The number of piperidine rings is 1. The van der Waals surface area contributed by atoms with E-state index in [1.165, 1.54) is 7.11 Å². The predicted octanol–water partition coefficient (Wildman–Crippen LogP) is 7.13. The van der Waals surface area contributed by atoms with Gasteiger partial charge in [-0.1, -0.05) is 59.6 Å². The van der Waals surface area contributed by atoms with Gasteiger partial charge in [0.1, 0.15) is 11.8 Å². The zero-order valence-corrected chi connectivity index (χ0v) is 22.8. The molecule has 1 saturated heterocycles. The maximum absolute atomic E-state index is 11.4. The Kier molecular flexibility index (Phi) is 7.89. The van der Waals surface area contributed by atoms with Crippen LogP contribution in [0.25, 0.3) is 22.0 Å². The lowest BCUT2D eigenvalue weighted by Crippen LogP contribution is -2.38. The Labute approximate surface area is 236 Å². The van der Waals surface area contributed by atoms with Crippen LogP contribution in [0.2, 0.25) is 10.0 Å². The molecule has 3 aromatic carbocycles. The molecule has 1 aliphatic rings. The van der Waals surface area contributed by atoms with E-state index in [0.717, 1.165) is 53.5 Å². The van der Waals surface area contributed by atoms with Crippen molar-refractivity contribution in [2.45, 2.75) is 19.4 Å². The minimum absolute atomic E-state index is 0.290. The highest BCUT2D eigenvalue weighted by atomic mass is 35.5. The lowest BCUT2D eigenvalue weighted by atomic mass is 9.97. The van der Waals surface area contributed by atoms with Crippen LogP contribution in [0.4, 0.5) is 11.4 Å². The number of carbonyl (C=O) groups is 1. The second-order valence-corrected chi connectivity index (χ2v) is 10.4. The molecule has 1 aliphatic heterocycles. The number of aliphatic carboxylic acids is 1. The highest BCUT2D eigenvalue weighted by Gasteiger charge is 2.25. The van der Waals surface area contributed by atoms with Crippen LogP contribution in [-0.2, 0) is 11.3 Å². The second-order valence-electron chi connectivity index (χ2n) is 9.59. The van der Waals surface area contributed by atoms with Crippen molar-refractivity contribution in [3.8, 4) is 22.9 Å². The molecule has 1 atom stereocenters. The molecular weight excluding hydrogens is 535 g/mol. The third-order valence-electron chi connectivity index (χ3n) is 7.04. The summed E-state index contributed by atoms with van der Waals surface area (Å²) in [6.07, 6.45) is 3.19. The van der Waals surface area contributed by atoms with E-state index in [2.05, 4.69) is 45.5 Å². The van der Waals surface area contributed by atoms with Gasteiger partial charge in [-0.3, -0.25) is 14.7 Å². The number of aromatic nitrogens is 1. The number of nitrogens with zero attached hydrogens (tertiary/aromatic N) is 3. The van der Waals surface area contributed by atoms with Gasteiger partial charge in [-0.05, 0) is 48.2 Å². The zero-order valence-electron chi connectivity index (χ0n) is 21.2. The molecule has 4 aromatic rings. The van der Waals surface area contributed by atoms with Gasteiger partial charge in [0.25, 0.3) is 0 Å². The average Bonchev–Trinajstić information content (AvgIpc) is 2.94. The summed E-state index contributed by atoms with van der Waals surface area (Å²) in [5.74, 6) is -0.536. The van der Waals surface area contributed by atoms with Crippen molar-refractivity contribution in [1.82, 2.24) is 9.88 Å². The number of rotatable bonds is 7. The number of anilines is 2. The van der Waals surface area contributed by atoms with E-state index in [1.54, 1.807) is 18.3 Å². The number of likely N-dealkylation sites (tertiary alicyclic amines) is 1. The van der Waals surface area contributed by atoms with Gasteiger partial charge in [0.15, 0.2) is 0 Å². The van der Waals surface area contributed by atoms with E-state index in [4.69, 9.17) is 27.9 Å². The van der Waals surface area contributed by atoms with E-state index < -0.39 is 5.97 Å². The number of carboxylic acid groups (broad SMARTS) is 1. The molecule has 1 aromatic heterocycles. The first kappa shape index (κ1) is 26.8. The molecule has 1 fully saturated rings. The van der Waals surface area contributed by atoms with Gasteiger partial charge >= 0.3 is 5.97 Å². The number of pyridine rings is 1. The topological polar surface area (TPSA) is 98.5 Å². The second kappa shape index (κ2) is 11.5. The van der Waals surface area contributed by atoms with Gasteiger partial charge in [-0.25, -0.2) is 0 Å². The average molecular weight is 561 g/mol. The zero-order chi connectivity index (χ0) is 27.5. The molecule has 5 rings (SSSR count). The number of carboxylic acids is 1. The first-order chi connectivity index (χ1) is 18.9. The molecule has 0 bridgehead atoms. The van der Waals surface area contributed by atoms with Crippen molar-refractivity contribution in [3.63, 3.8) is 0 Å². The van der Waals surface area contributed by atoms with Crippen molar-refractivity contribution < 1.29 is 14.6 Å². The third kappa shape index (κ3) is 5.79. The minimum Gasteiger partial charge on any atom is -0.495 e. The van der Waals surface area contributed by atoms with Crippen LogP contribution in [0.15, 0.2) is 60.8 Å². The Bertz CT molecular complexity index is 1580. The number of fused-ring (bicyclic) bond motifs is 1. The summed E-state index contributed by atoms with van der Waals surface area (Å²) in [6, 6.07) is 19.7. The van der Waals surface area contributed by atoms with Crippen LogP contribution in [0.5, 0.6) is 5.75 Å². The van der Waals surface area contributed by atoms with Crippen LogP contribution in [0, 0.1) is 17.2 Å². The molecule has 9 heteroatoms. The van der Waals surface area contributed by atoms with Gasteiger partial charge in [-0.2, -0.15) is 5.26 Å². The summed E-state index contributed by atoms with van der Waals surface area (Å²) in [5, 5.41) is 23.9. The first-order valence-electron chi connectivity index (χ1n) is 12.5. The highest BCUT2D eigenvalue weighted by molar-refractivity contribution is 6.37. The Morgan fingerprint density at radius 2 is 1.92 bits per heavy atom. The summed E-state index contributed by atoms with van der Waals surface area (Å²) >= 11 is 12.6. The Morgan fingerprint density at radius 1 is 1.15 bits per heavy atom. The largest absolute Gasteiger partial charge is 0.495 e. The third-order valence-corrected chi connectivity index (χ3v) is 7.65. The van der Waals surface area contributed by atoms with Crippen molar-refractivity contribution in [3.05, 3.63) is 82.0 Å². The normalized spacial score (nSPS) is 15.6. The number of hydrogen-bond donors (Lipinski definition) is 2. The SMILES string of the molecule is COc1cc(Nc2c(C#N)cnc3cc(-c4ccc(CN5CCCC(C(=O)O)C5)cc4)ccc23)c(Cl)cc1Cl. The number of hydrogen-bond acceptors (Lipinski definition) is 6.